The van der Waals surface area contributed by atoms with Crippen LogP contribution in [0.5, 0.6) is 0 Å². The number of unbranched alkanes of at least 4 members (excludes halogenated alkanes) is 18. The first-order chi connectivity index (χ1) is 23.9. The first kappa shape index (κ1) is 53.4. The summed E-state index contributed by atoms with van der Waals surface area (Å²) in [7, 11) is -4.64. The quantitative estimate of drug-likeness (QED) is 0.0435. The molecule has 0 aliphatic heterocycles. The van der Waals surface area contributed by atoms with E-state index in [0.717, 1.165) is 0 Å². The smallest absolute Gasteiger partial charge is 0.126 e. The third kappa shape index (κ3) is 21.4. The Bertz CT molecular complexity index is 519. The van der Waals surface area contributed by atoms with E-state index in [4.69, 9.17) is 0 Å². The Morgan fingerprint density at radius 1 is 0.220 bits per heavy atom. The molecule has 0 unspecified atom stereocenters. The van der Waals surface area contributed by atoms with Gasteiger partial charge in [-0.1, -0.05) is 290 Å². The summed E-state index contributed by atoms with van der Waals surface area (Å²) in [5.74, 6) is 0. The summed E-state index contributed by atoms with van der Waals surface area (Å²) in [6.07, 6.45) is 40.6. The van der Waals surface area contributed by atoms with Crippen molar-refractivity contribution < 1.29 is 18.9 Å². The van der Waals surface area contributed by atoms with Crippen molar-refractivity contribution in [1.29, 1.82) is 0 Å². The molecule has 0 saturated heterocycles. The molecule has 0 bridgehead atoms. The van der Waals surface area contributed by atoms with Crippen molar-refractivity contribution in [3.8, 4) is 0 Å². The Labute approximate surface area is 336 Å². The molecule has 0 aromatic heterocycles. The molecule has 0 aliphatic rings. The maximum absolute atomic E-state index is 2.49. The van der Waals surface area contributed by atoms with Gasteiger partial charge in [-0.3, -0.25) is 0 Å². The normalized spacial score (nSPS) is 12.6. The van der Waals surface area contributed by atoms with Crippen LogP contribution in [0, 0.1) is 0 Å². The number of hydrogen-bond acceptors (Lipinski definition) is 0. The van der Waals surface area contributed by atoms with E-state index in [2.05, 4.69) is 62.3 Å². The van der Waals surface area contributed by atoms with E-state index in [0.29, 0.717) is 0 Å². The molecule has 0 saturated carbocycles. The predicted molar refractivity (Wildman–Crippen MR) is 242 cm³/mol. The van der Waals surface area contributed by atoms with Crippen molar-refractivity contribution in [2.45, 2.75) is 290 Å². The molecule has 0 N–H and O–H groups in total. The van der Waals surface area contributed by atoms with E-state index < -0.39 is 23.8 Å². The summed E-state index contributed by atoms with van der Waals surface area (Å²) >= 11 is 0. The van der Waals surface area contributed by atoms with Gasteiger partial charge in [-0.2, -0.15) is 0 Å². The van der Waals surface area contributed by atoms with Crippen LogP contribution in [-0.4, -0.2) is 29.3 Å². The Kier molecular flexibility index (Phi) is 38.4. The zero-order chi connectivity index (χ0) is 36.5. The average molecular weight is 742 g/mol. The summed E-state index contributed by atoms with van der Waals surface area (Å²) in [6, 6.07) is 15.7. The van der Waals surface area contributed by atoms with Crippen molar-refractivity contribution >= 4 is 29.3 Å². The molecule has 0 rings (SSSR count). The van der Waals surface area contributed by atoms with Crippen LogP contribution in [0.3, 0.4) is 0 Å². The zero-order valence-corrected chi connectivity index (χ0v) is 40.5. The fraction of sp³-hybridized carbons (Fsp3) is 1.00. The van der Waals surface area contributed by atoms with Crippen LogP contribution in [0.4, 0.5) is 0 Å². The largest absolute Gasteiger partial charge is 1.00 e. The van der Waals surface area contributed by atoms with Gasteiger partial charge >= 0.3 is 18.9 Å². The molecule has 0 heterocycles. The maximum Gasteiger partial charge on any atom is 1.00 e. The van der Waals surface area contributed by atoms with E-state index in [9.17, 15) is 0 Å². The fourth-order valence-electron chi connectivity index (χ4n) is 10.9. The maximum atomic E-state index is 2.49. The van der Waals surface area contributed by atoms with E-state index in [1.54, 1.807) is 112 Å². The molecule has 0 atom stereocenters. The molecular weight excluding hydrogens is 643 g/mol. The molecule has 0 amide bonds. The van der Waals surface area contributed by atoms with E-state index in [-0.39, 0.29) is 18.9 Å². The van der Waals surface area contributed by atoms with Gasteiger partial charge in [0.15, 0.2) is 0 Å². The van der Waals surface area contributed by atoms with Gasteiger partial charge in [0.05, 0.1) is 0 Å². The standard InChI is InChI=1S/C45H99BSi3.Li/c1-10-19-28-37-47(38-29-20-11-2,39-30-21-12-3)46(48(40-31-22-13-4,41-32-23-14-5)42-33-24-15-6)49(43-34-25-16-7,44-35-26-17-8)45-36-27-18-9;/h10-45H2,1-9H3;/q-1;+1. The number of rotatable bonds is 39. The molecule has 5 heteroatoms. The Balaban J connectivity index is 0. The van der Waals surface area contributed by atoms with Crippen molar-refractivity contribution in [3.63, 3.8) is 0 Å². The van der Waals surface area contributed by atoms with Crippen molar-refractivity contribution in [3.05, 3.63) is 0 Å². The summed E-state index contributed by atoms with van der Waals surface area (Å²) in [5.41, 5.74) is 1.33. The monoisotopic (exact) mass is 742 g/mol. The molecule has 1 radical (unpaired) electrons. The van der Waals surface area contributed by atoms with Gasteiger partial charge in [-0.25, -0.2) is 0 Å². The summed E-state index contributed by atoms with van der Waals surface area (Å²) in [6.45, 7) is 22.4. The van der Waals surface area contributed by atoms with Crippen LogP contribution in [-0.2, 0) is 0 Å². The minimum Gasteiger partial charge on any atom is -0.126 e. The van der Waals surface area contributed by atoms with Crippen LogP contribution in [0.1, 0.15) is 236 Å². The average Bonchev–Trinajstić information content (AvgIpc) is 3.09. The van der Waals surface area contributed by atoms with Gasteiger partial charge in [0.2, 0.25) is 0 Å². The fourth-order valence-corrected chi connectivity index (χ4v) is 47.7. The van der Waals surface area contributed by atoms with Gasteiger partial charge in [0.1, 0.15) is 0 Å². The van der Waals surface area contributed by atoms with Gasteiger partial charge in [-0.05, 0) is 0 Å². The summed E-state index contributed by atoms with van der Waals surface area (Å²) < 4.78 is 0. The molecule has 0 nitrogen and oxygen atoms in total. The van der Waals surface area contributed by atoms with E-state index in [1.165, 1.54) is 121 Å². The Morgan fingerprint density at radius 2 is 0.340 bits per heavy atom. The molecule has 0 aromatic rings. The predicted octanol–water partition coefficient (Wildman–Crippen LogP) is 14.8. The molecule has 0 aromatic carbocycles. The second-order valence-electron chi connectivity index (χ2n) is 17.6. The van der Waals surface area contributed by atoms with Gasteiger partial charge < -0.3 is 0 Å². The third-order valence-corrected chi connectivity index (χ3v) is 40.2. The second kappa shape index (κ2) is 36.0. The Morgan fingerprint density at radius 3 is 0.440 bits per heavy atom. The molecule has 0 fully saturated rings. The van der Waals surface area contributed by atoms with E-state index >= 15 is 0 Å². The van der Waals surface area contributed by atoms with Crippen LogP contribution < -0.4 is 18.9 Å². The van der Waals surface area contributed by atoms with Gasteiger partial charge in [-0.15, -0.1) is 29.3 Å². The summed E-state index contributed by atoms with van der Waals surface area (Å²) in [5, 5.41) is 0. The van der Waals surface area contributed by atoms with Crippen LogP contribution in [0.25, 0.3) is 0 Å². The van der Waals surface area contributed by atoms with Gasteiger partial charge in [0, 0.05) is 0 Å². The summed E-state index contributed by atoms with van der Waals surface area (Å²) in [4.78, 5) is 0. The first-order valence-corrected chi connectivity index (χ1v) is 32.0. The molecule has 295 valence electrons. The minimum absolute atomic E-state index is 0. The SMILES string of the molecule is CCCCC[Si](CCCCC)(CCCCC)[B-]([Si](CCCCC)(CCCCC)CCCCC)[Si](CCCCC)(CCCCC)CCCCC.[Li+]. The van der Waals surface area contributed by atoms with Crippen molar-refractivity contribution in [1.82, 2.24) is 0 Å². The molecular formula is C45H99BLiSi3. The van der Waals surface area contributed by atoms with E-state index in [1.807, 2.05) is 0 Å². The van der Waals surface area contributed by atoms with Crippen LogP contribution in [0.15, 0.2) is 0 Å². The van der Waals surface area contributed by atoms with Gasteiger partial charge in [0.25, 0.3) is 0 Å². The first-order valence-electron chi connectivity index (χ1n) is 23.9. The number of hydrogen-bond donors (Lipinski definition) is 0. The zero-order valence-electron chi connectivity index (χ0n) is 37.5. The second-order valence-corrected chi connectivity index (χ2v) is 33.8. The molecule has 50 heavy (non-hydrogen) atoms. The van der Waals surface area contributed by atoms with Crippen LogP contribution >= 0.6 is 0 Å². The minimum atomic E-state index is -1.55. The molecule has 0 spiro atoms. The van der Waals surface area contributed by atoms with Crippen molar-refractivity contribution in [2.75, 3.05) is 0 Å². The van der Waals surface area contributed by atoms with Crippen LogP contribution in [0.2, 0.25) is 54.4 Å². The topological polar surface area (TPSA) is 0 Å². The molecule has 0 aliphatic carbocycles. The third-order valence-electron chi connectivity index (χ3n) is 13.3. The van der Waals surface area contributed by atoms with Crippen molar-refractivity contribution in [2.24, 2.45) is 0 Å². The Hall–Kier alpha value is 1.31.